The summed E-state index contributed by atoms with van der Waals surface area (Å²) in [6, 6.07) is 36.9. The highest BCUT2D eigenvalue weighted by Crippen LogP contribution is 2.40. The topological polar surface area (TPSA) is 34.0 Å². The molecule has 4 heteroatoms. The number of nitrogens with one attached hydrogen (secondary N) is 1. The lowest BCUT2D eigenvalue weighted by Gasteiger charge is -2.14. The predicted octanol–water partition coefficient (Wildman–Crippen LogP) is 7.33. The number of anilines is 1. The van der Waals surface area contributed by atoms with Crippen molar-refractivity contribution in [3.8, 4) is 0 Å². The van der Waals surface area contributed by atoms with Crippen LogP contribution in [0.4, 0.5) is 5.69 Å². The van der Waals surface area contributed by atoms with Crippen LogP contribution in [-0.2, 0) is 17.8 Å². The van der Waals surface area contributed by atoms with Crippen molar-refractivity contribution in [1.82, 2.24) is 4.57 Å². The Balaban J connectivity index is 1.63. The van der Waals surface area contributed by atoms with Gasteiger partial charge in [-0.3, -0.25) is 4.79 Å². The summed E-state index contributed by atoms with van der Waals surface area (Å²) in [7, 11) is 0. The Kier molecular flexibility index (Phi) is 6.50. The highest BCUT2D eigenvalue weighted by Gasteiger charge is 2.22. The van der Waals surface area contributed by atoms with E-state index in [1.807, 2.05) is 42.5 Å². The van der Waals surface area contributed by atoms with Crippen molar-refractivity contribution in [1.29, 1.82) is 0 Å². The fraction of sp³-hybridized carbons (Fsp3) is 0.100. The van der Waals surface area contributed by atoms with Crippen LogP contribution in [0.5, 0.6) is 0 Å². The van der Waals surface area contributed by atoms with Crippen LogP contribution in [0.3, 0.4) is 0 Å². The van der Waals surface area contributed by atoms with Gasteiger partial charge in [0.25, 0.3) is 0 Å². The molecule has 0 unspecified atom stereocenters. The first-order valence-corrected chi connectivity index (χ1v) is 12.2. The molecule has 0 bridgehead atoms. The number of aromatic nitrogens is 1. The van der Waals surface area contributed by atoms with E-state index in [0.29, 0.717) is 13.0 Å². The third-order valence-corrected chi connectivity index (χ3v) is 7.04. The minimum absolute atomic E-state index is 0.0177. The third kappa shape index (κ3) is 4.78. The van der Waals surface area contributed by atoms with Gasteiger partial charge in [-0.25, -0.2) is 0 Å². The molecular formula is C30H26N2OS. The number of hydrogen-bond donors (Lipinski definition) is 1. The normalized spacial score (nSPS) is 11.0. The monoisotopic (exact) mass is 462 g/mol. The van der Waals surface area contributed by atoms with Crippen molar-refractivity contribution in [2.24, 2.45) is 0 Å². The number of hydrogen-bond acceptors (Lipinski definition) is 2. The van der Waals surface area contributed by atoms with Gasteiger partial charge in [-0.2, -0.15) is 0 Å². The van der Waals surface area contributed by atoms with E-state index >= 15 is 0 Å². The second kappa shape index (κ2) is 10.0. The van der Waals surface area contributed by atoms with E-state index < -0.39 is 0 Å². The average Bonchev–Trinajstić information content (AvgIpc) is 3.14. The van der Waals surface area contributed by atoms with Gasteiger partial charge in [-0.1, -0.05) is 96.7 Å². The maximum atomic E-state index is 13.2. The Morgan fingerprint density at radius 1 is 0.794 bits per heavy atom. The van der Waals surface area contributed by atoms with E-state index in [0.717, 1.165) is 21.2 Å². The second-order valence-corrected chi connectivity index (χ2v) is 9.41. The highest BCUT2D eigenvalue weighted by atomic mass is 32.2. The number of carbonyl (C=O) groups is 1. The van der Waals surface area contributed by atoms with Gasteiger partial charge in [0.05, 0.1) is 11.9 Å². The van der Waals surface area contributed by atoms with Gasteiger partial charge in [0.15, 0.2) is 0 Å². The smallest absolute Gasteiger partial charge is 0.230 e. The third-order valence-electron chi connectivity index (χ3n) is 5.87. The van der Waals surface area contributed by atoms with E-state index in [4.69, 9.17) is 0 Å². The summed E-state index contributed by atoms with van der Waals surface area (Å²) in [6.07, 6.45) is 0.297. The summed E-state index contributed by atoms with van der Waals surface area (Å²) in [5, 5.41) is 4.26. The van der Waals surface area contributed by atoms with Gasteiger partial charge in [-0.15, -0.1) is 0 Å². The van der Waals surface area contributed by atoms with Crippen LogP contribution in [0.2, 0.25) is 0 Å². The molecular weight excluding hydrogens is 436 g/mol. The van der Waals surface area contributed by atoms with Crippen molar-refractivity contribution in [3.63, 3.8) is 0 Å². The van der Waals surface area contributed by atoms with Crippen LogP contribution in [0.1, 0.15) is 16.8 Å². The number of amides is 1. The first kappa shape index (κ1) is 22.1. The number of nitrogens with zero attached hydrogens (tertiary/aromatic N) is 1. The van der Waals surface area contributed by atoms with E-state index in [-0.39, 0.29) is 5.91 Å². The molecule has 5 rings (SSSR count). The molecule has 1 aromatic heterocycles. The summed E-state index contributed by atoms with van der Waals surface area (Å²) in [5.74, 6) is -0.0177. The van der Waals surface area contributed by atoms with Gasteiger partial charge < -0.3 is 9.88 Å². The van der Waals surface area contributed by atoms with Crippen molar-refractivity contribution >= 4 is 34.3 Å². The summed E-state index contributed by atoms with van der Waals surface area (Å²) < 4.78 is 2.33. The highest BCUT2D eigenvalue weighted by molar-refractivity contribution is 7.99. The summed E-state index contributed by atoms with van der Waals surface area (Å²) in [4.78, 5) is 15.5. The van der Waals surface area contributed by atoms with Crippen molar-refractivity contribution < 1.29 is 4.79 Å². The molecule has 1 N–H and O–H groups in total. The summed E-state index contributed by atoms with van der Waals surface area (Å²) >= 11 is 1.73. The van der Waals surface area contributed by atoms with Gasteiger partial charge in [0, 0.05) is 33.1 Å². The molecule has 1 amide bonds. The van der Waals surface area contributed by atoms with Crippen LogP contribution in [0.25, 0.3) is 10.9 Å². The van der Waals surface area contributed by atoms with Crippen LogP contribution < -0.4 is 5.32 Å². The van der Waals surface area contributed by atoms with Gasteiger partial charge in [0.2, 0.25) is 5.91 Å². The Morgan fingerprint density at radius 2 is 1.44 bits per heavy atom. The predicted molar refractivity (Wildman–Crippen MR) is 142 cm³/mol. The minimum Gasteiger partial charge on any atom is -0.338 e. The number of aryl methyl sites for hydroxylation is 1. The van der Waals surface area contributed by atoms with E-state index in [1.54, 1.807) is 11.8 Å². The molecule has 0 spiro atoms. The van der Waals surface area contributed by atoms with Crippen molar-refractivity contribution in [3.05, 3.63) is 126 Å². The van der Waals surface area contributed by atoms with Crippen LogP contribution in [0.15, 0.2) is 119 Å². The molecule has 4 aromatic carbocycles. The molecule has 0 saturated carbocycles. The SMILES string of the molecule is Cc1cccc2c(Sc3ccccc3)c(CC(=O)Nc3ccccc3)n(Cc3ccccc3)c12. The quantitative estimate of drug-likeness (QED) is 0.275. The van der Waals surface area contributed by atoms with Gasteiger partial charge in [0.1, 0.15) is 0 Å². The zero-order valence-corrected chi connectivity index (χ0v) is 19.9. The maximum absolute atomic E-state index is 13.2. The molecule has 3 nitrogen and oxygen atoms in total. The van der Waals surface area contributed by atoms with Gasteiger partial charge >= 0.3 is 0 Å². The molecule has 168 valence electrons. The number of para-hydroxylation sites is 2. The zero-order chi connectivity index (χ0) is 23.3. The zero-order valence-electron chi connectivity index (χ0n) is 19.1. The molecule has 5 aromatic rings. The molecule has 1 heterocycles. The van der Waals surface area contributed by atoms with Crippen molar-refractivity contribution in [2.75, 3.05) is 5.32 Å². The average molecular weight is 463 g/mol. The van der Waals surface area contributed by atoms with E-state index in [9.17, 15) is 4.79 Å². The van der Waals surface area contributed by atoms with Crippen LogP contribution >= 0.6 is 11.8 Å². The molecule has 34 heavy (non-hydrogen) atoms. The lowest BCUT2D eigenvalue weighted by Crippen LogP contribution is -2.17. The van der Waals surface area contributed by atoms with E-state index in [2.05, 4.69) is 83.5 Å². The summed E-state index contributed by atoms with van der Waals surface area (Å²) in [5.41, 5.74) is 5.45. The van der Waals surface area contributed by atoms with Gasteiger partial charge in [-0.05, 0) is 42.3 Å². The number of carbonyl (C=O) groups excluding carboxylic acids is 1. The summed E-state index contributed by atoms with van der Waals surface area (Å²) in [6.45, 7) is 2.86. The standard InChI is InChI=1S/C30H26N2OS/c1-22-12-11-19-26-29(22)32(21-23-13-5-2-6-14-23)27(30(26)34-25-17-9-4-10-18-25)20-28(33)31-24-15-7-3-8-16-24/h2-19H,20-21H2,1H3,(H,31,33). The molecule has 0 aliphatic rings. The number of fused-ring (bicyclic) bond motifs is 1. The lowest BCUT2D eigenvalue weighted by molar-refractivity contribution is -0.115. The molecule has 0 saturated heterocycles. The fourth-order valence-electron chi connectivity index (χ4n) is 4.33. The Hall–Kier alpha value is -3.76. The van der Waals surface area contributed by atoms with Crippen LogP contribution in [-0.4, -0.2) is 10.5 Å². The molecule has 0 aliphatic heterocycles. The Morgan fingerprint density at radius 3 is 2.15 bits per heavy atom. The Labute approximate surface area is 204 Å². The molecule has 0 atom stereocenters. The first-order chi connectivity index (χ1) is 16.7. The minimum atomic E-state index is -0.0177. The number of rotatable bonds is 7. The Bertz CT molecular complexity index is 1410. The maximum Gasteiger partial charge on any atom is 0.230 e. The fourth-order valence-corrected chi connectivity index (χ4v) is 5.43. The first-order valence-electron chi connectivity index (χ1n) is 11.4. The molecule has 0 aliphatic carbocycles. The second-order valence-electron chi connectivity index (χ2n) is 8.32. The van der Waals surface area contributed by atoms with Crippen molar-refractivity contribution in [2.45, 2.75) is 29.7 Å². The number of benzene rings is 4. The largest absolute Gasteiger partial charge is 0.338 e. The van der Waals surface area contributed by atoms with E-state index in [1.165, 1.54) is 22.0 Å². The molecule has 0 radical (unpaired) electrons. The molecule has 0 fully saturated rings. The van der Waals surface area contributed by atoms with Crippen LogP contribution in [0, 0.1) is 6.92 Å². The lowest BCUT2D eigenvalue weighted by atomic mass is 10.1.